The highest BCUT2D eigenvalue weighted by atomic mass is 79.9. The molecule has 116 valence electrons. The maximum absolute atomic E-state index is 11.9. The Morgan fingerprint density at radius 3 is 2.48 bits per heavy atom. The largest absolute Gasteiger partial charge is 0.481 e. The van der Waals surface area contributed by atoms with Crippen molar-refractivity contribution in [2.45, 2.75) is 32.8 Å². The number of carboxylic acid groups (broad SMARTS) is 1. The van der Waals surface area contributed by atoms with Gasteiger partial charge in [-0.05, 0) is 37.1 Å². The molecule has 6 heteroatoms. The Morgan fingerprint density at radius 1 is 1.33 bits per heavy atom. The van der Waals surface area contributed by atoms with Crippen LogP contribution in [0, 0.1) is 5.92 Å². The first-order valence-corrected chi connectivity index (χ1v) is 7.63. The zero-order valence-corrected chi connectivity index (χ0v) is 13.7. The number of ether oxygens (including phenoxy) is 1. The zero-order chi connectivity index (χ0) is 15.8. The van der Waals surface area contributed by atoms with Gasteiger partial charge in [-0.1, -0.05) is 29.3 Å². The number of halogens is 1. The van der Waals surface area contributed by atoms with Gasteiger partial charge in [0, 0.05) is 17.4 Å². The Hall–Kier alpha value is -1.56. The van der Waals surface area contributed by atoms with E-state index in [1.165, 1.54) is 0 Å². The predicted molar refractivity (Wildman–Crippen MR) is 83.3 cm³/mol. The van der Waals surface area contributed by atoms with E-state index in [0.29, 0.717) is 18.7 Å². The Labute approximate surface area is 132 Å². The quantitative estimate of drug-likeness (QED) is 0.749. The number of carbonyl (C=O) groups excluding carboxylic acids is 1. The summed E-state index contributed by atoms with van der Waals surface area (Å²) in [7, 11) is 0. The lowest BCUT2D eigenvalue weighted by Gasteiger charge is -2.17. The van der Waals surface area contributed by atoms with E-state index >= 15 is 0 Å². The van der Waals surface area contributed by atoms with Crippen LogP contribution in [0.5, 0.6) is 5.75 Å². The molecule has 0 aliphatic rings. The van der Waals surface area contributed by atoms with Crippen LogP contribution in [0.15, 0.2) is 28.7 Å². The minimum Gasteiger partial charge on any atom is -0.481 e. The molecule has 21 heavy (non-hydrogen) atoms. The molecule has 2 atom stereocenters. The summed E-state index contributed by atoms with van der Waals surface area (Å²) in [5.41, 5.74) is 0. The number of aliphatic carboxylic acids is 1. The van der Waals surface area contributed by atoms with Crippen molar-refractivity contribution in [1.82, 2.24) is 5.32 Å². The third-order valence-electron chi connectivity index (χ3n) is 3.10. The van der Waals surface area contributed by atoms with Gasteiger partial charge in [-0.15, -0.1) is 0 Å². The summed E-state index contributed by atoms with van der Waals surface area (Å²) in [6, 6.07) is 7.21. The molecule has 2 N–H and O–H groups in total. The van der Waals surface area contributed by atoms with Gasteiger partial charge >= 0.3 is 5.97 Å². The summed E-state index contributed by atoms with van der Waals surface area (Å²) < 4.78 is 6.47. The van der Waals surface area contributed by atoms with Gasteiger partial charge in [0.2, 0.25) is 0 Å². The minimum absolute atomic E-state index is 0.0543. The summed E-state index contributed by atoms with van der Waals surface area (Å²) in [5.74, 6) is -0.554. The van der Waals surface area contributed by atoms with Crippen LogP contribution in [0.3, 0.4) is 0 Å². The van der Waals surface area contributed by atoms with Crippen LogP contribution in [-0.2, 0) is 9.59 Å². The van der Waals surface area contributed by atoms with E-state index in [-0.39, 0.29) is 18.2 Å². The van der Waals surface area contributed by atoms with Gasteiger partial charge in [-0.2, -0.15) is 0 Å². The molecule has 0 fully saturated rings. The van der Waals surface area contributed by atoms with Crippen molar-refractivity contribution in [1.29, 1.82) is 0 Å². The van der Waals surface area contributed by atoms with Gasteiger partial charge in [-0.3, -0.25) is 9.59 Å². The average molecular weight is 358 g/mol. The maximum atomic E-state index is 11.9. The van der Waals surface area contributed by atoms with Crippen LogP contribution in [0.4, 0.5) is 0 Å². The van der Waals surface area contributed by atoms with Crippen LogP contribution in [0.1, 0.15) is 26.7 Å². The molecule has 0 saturated carbocycles. The van der Waals surface area contributed by atoms with E-state index in [2.05, 4.69) is 21.2 Å². The smallest absolute Gasteiger partial charge is 0.303 e. The molecule has 0 spiro atoms. The standard InChI is InChI=1S/C15H20BrNO4/c1-3-11(8-14(18)19)9-17-15(20)10(2)21-13-6-4-12(16)5-7-13/h4-7,10-11H,3,8-9H2,1-2H3,(H,17,20)(H,18,19). The SMILES string of the molecule is CCC(CNC(=O)C(C)Oc1ccc(Br)cc1)CC(=O)O. The Morgan fingerprint density at radius 2 is 1.95 bits per heavy atom. The topological polar surface area (TPSA) is 75.6 Å². The Kier molecular flexibility index (Phi) is 7.22. The molecule has 1 aromatic carbocycles. The first kappa shape index (κ1) is 17.5. The highest BCUT2D eigenvalue weighted by molar-refractivity contribution is 9.10. The van der Waals surface area contributed by atoms with Crippen molar-refractivity contribution in [3.05, 3.63) is 28.7 Å². The molecule has 0 radical (unpaired) electrons. The molecule has 0 aliphatic carbocycles. The fraction of sp³-hybridized carbons (Fsp3) is 0.467. The molecule has 2 unspecified atom stereocenters. The molecule has 0 aliphatic heterocycles. The van der Waals surface area contributed by atoms with Crippen LogP contribution in [0.2, 0.25) is 0 Å². The van der Waals surface area contributed by atoms with Gasteiger partial charge in [-0.25, -0.2) is 0 Å². The monoisotopic (exact) mass is 357 g/mol. The number of carboxylic acids is 1. The molecule has 1 amide bonds. The number of rotatable bonds is 8. The molecule has 0 aromatic heterocycles. The van der Waals surface area contributed by atoms with Crippen LogP contribution in [0.25, 0.3) is 0 Å². The lowest BCUT2D eigenvalue weighted by molar-refractivity contribution is -0.138. The predicted octanol–water partition coefficient (Wildman–Crippen LogP) is 2.83. The minimum atomic E-state index is -0.852. The van der Waals surface area contributed by atoms with Crippen molar-refractivity contribution in [2.75, 3.05) is 6.54 Å². The van der Waals surface area contributed by atoms with E-state index in [4.69, 9.17) is 9.84 Å². The lowest BCUT2D eigenvalue weighted by Crippen LogP contribution is -2.39. The zero-order valence-electron chi connectivity index (χ0n) is 12.1. The van der Waals surface area contributed by atoms with Crippen molar-refractivity contribution < 1.29 is 19.4 Å². The molecule has 0 heterocycles. The van der Waals surface area contributed by atoms with E-state index < -0.39 is 12.1 Å². The second-order valence-corrected chi connectivity index (χ2v) is 5.75. The fourth-order valence-corrected chi connectivity index (χ4v) is 2.03. The highest BCUT2D eigenvalue weighted by Crippen LogP contribution is 2.17. The van der Waals surface area contributed by atoms with Crippen LogP contribution < -0.4 is 10.1 Å². The third-order valence-corrected chi connectivity index (χ3v) is 3.63. The van der Waals surface area contributed by atoms with Crippen molar-refractivity contribution in [3.8, 4) is 5.75 Å². The first-order valence-electron chi connectivity index (χ1n) is 6.84. The maximum Gasteiger partial charge on any atom is 0.303 e. The number of benzene rings is 1. The highest BCUT2D eigenvalue weighted by Gasteiger charge is 2.17. The molecule has 0 saturated heterocycles. The van der Waals surface area contributed by atoms with Crippen LogP contribution in [-0.4, -0.2) is 29.6 Å². The summed E-state index contributed by atoms with van der Waals surface area (Å²) in [5, 5.41) is 11.5. The second-order valence-electron chi connectivity index (χ2n) is 4.83. The molecule has 1 rings (SSSR count). The summed E-state index contributed by atoms with van der Waals surface area (Å²) in [6.45, 7) is 3.91. The number of hydrogen-bond donors (Lipinski definition) is 2. The van der Waals surface area contributed by atoms with E-state index in [9.17, 15) is 9.59 Å². The van der Waals surface area contributed by atoms with Gasteiger partial charge in [0.05, 0.1) is 0 Å². The molecule has 1 aromatic rings. The number of amides is 1. The molecular formula is C15H20BrNO4. The van der Waals surface area contributed by atoms with Gasteiger partial charge in [0.1, 0.15) is 5.75 Å². The number of carbonyl (C=O) groups is 2. The summed E-state index contributed by atoms with van der Waals surface area (Å²) >= 11 is 3.33. The first-order chi connectivity index (χ1) is 9.92. The summed E-state index contributed by atoms with van der Waals surface area (Å²) in [6.07, 6.45) is 0.126. The van der Waals surface area contributed by atoms with Crippen molar-refractivity contribution in [3.63, 3.8) is 0 Å². The number of hydrogen-bond acceptors (Lipinski definition) is 3. The molecule has 5 nitrogen and oxygen atoms in total. The third kappa shape index (κ3) is 6.62. The van der Waals surface area contributed by atoms with Crippen molar-refractivity contribution in [2.24, 2.45) is 5.92 Å². The lowest BCUT2D eigenvalue weighted by atomic mass is 10.0. The van der Waals surface area contributed by atoms with Gasteiger partial charge in [0.25, 0.3) is 5.91 Å². The second kappa shape index (κ2) is 8.67. The van der Waals surface area contributed by atoms with E-state index in [1.54, 1.807) is 19.1 Å². The van der Waals surface area contributed by atoms with Crippen molar-refractivity contribution >= 4 is 27.8 Å². The Balaban J connectivity index is 2.43. The van der Waals surface area contributed by atoms with Gasteiger partial charge in [0.15, 0.2) is 6.10 Å². The Bertz CT molecular complexity index is 475. The number of nitrogens with one attached hydrogen (secondary N) is 1. The van der Waals surface area contributed by atoms with E-state index in [1.807, 2.05) is 19.1 Å². The summed E-state index contributed by atoms with van der Waals surface area (Å²) in [4.78, 5) is 22.6. The fourth-order valence-electron chi connectivity index (χ4n) is 1.77. The van der Waals surface area contributed by atoms with Crippen LogP contribution >= 0.6 is 15.9 Å². The normalized spacial score (nSPS) is 13.3. The average Bonchev–Trinajstić information content (AvgIpc) is 2.45. The molecular weight excluding hydrogens is 338 g/mol. The van der Waals surface area contributed by atoms with Gasteiger partial charge < -0.3 is 15.2 Å². The van der Waals surface area contributed by atoms with E-state index in [0.717, 1.165) is 4.47 Å². The molecule has 0 bridgehead atoms.